The summed E-state index contributed by atoms with van der Waals surface area (Å²) in [6, 6.07) is 0. The first-order valence-corrected chi connectivity index (χ1v) is 3.32. The van der Waals surface area contributed by atoms with Crippen LogP contribution in [-0.2, 0) is 4.74 Å². The zero-order valence-corrected chi connectivity index (χ0v) is 5.60. The summed E-state index contributed by atoms with van der Waals surface area (Å²) in [6.07, 6.45) is -1.53. The molecule has 3 N–H and O–H groups in total. The van der Waals surface area contributed by atoms with Crippen LogP contribution < -0.4 is 0 Å². The van der Waals surface area contributed by atoms with E-state index in [4.69, 9.17) is 20.1 Å². The summed E-state index contributed by atoms with van der Waals surface area (Å²) in [5.41, 5.74) is 0. The first-order chi connectivity index (χ1) is 4.74. The molecule has 0 saturated carbocycles. The minimum Gasteiger partial charge on any atom is -0.394 e. The highest BCUT2D eigenvalue weighted by Gasteiger charge is 2.27. The van der Waals surface area contributed by atoms with Crippen molar-refractivity contribution in [3.63, 3.8) is 0 Å². The Kier molecular flexibility index (Phi) is 2.62. The summed E-state index contributed by atoms with van der Waals surface area (Å²) in [4.78, 5) is 0. The van der Waals surface area contributed by atoms with Crippen molar-refractivity contribution < 1.29 is 20.1 Å². The second-order valence-corrected chi connectivity index (χ2v) is 2.51. The van der Waals surface area contributed by atoms with Gasteiger partial charge in [-0.1, -0.05) is 0 Å². The van der Waals surface area contributed by atoms with Gasteiger partial charge in [-0.2, -0.15) is 0 Å². The molecule has 1 unspecified atom stereocenters. The second kappa shape index (κ2) is 3.30. The van der Waals surface area contributed by atoms with Crippen LogP contribution in [0.3, 0.4) is 0 Å². The molecule has 1 rings (SSSR count). The van der Waals surface area contributed by atoms with Crippen LogP contribution in [0.25, 0.3) is 0 Å². The van der Waals surface area contributed by atoms with Crippen LogP contribution >= 0.6 is 0 Å². The first kappa shape index (κ1) is 7.94. The van der Waals surface area contributed by atoms with Gasteiger partial charge in [-0.05, 0) is 0 Å². The number of rotatable bonds is 1. The van der Waals surface area contributed by atoms with Gasteiger partial charge < -0.3 is 20.1 Å². The Morgan fingerprint density at radius 3 is 2.60 bits per heavy atom. The van der Waals surface area contributed by atoms with Gasteiger partial charge in [0, 0.05) is 6.42 Å². The standard InChI is InChI=1S/C6H12O4/c7-2-6-5(9)1-4(8)3-10-6/h4-9H,1-3H2/t4?,5-,6-/m1/s1. The predicted molar refractivity (Wildman–Crippen MR) is 33.5 cm³/mol. The fraction of sp³-hybridized carbons (Fsp3) is 1.00. The van der Waals surface area contributed by atoms with E-state index in [0.29, 0.717) is 6.42 Å². The molecule has 10 heavy (non-hydrogen) atoms. The lowest BCUT2D eigenvalue weighted by Crippen LogP contribution is -2.42. The summed E-state index contributed by atoms with van der Waals surface area (Å²) in [5, 5.41) is 26.6. The largest absolute Gasteiger partial charge is 0.394 e. The first-order valence-electron chi connectivity index (χ1n) is 3.32. The summed E-state index contributed by atoms with van der Waals surface area (Å²) in [5.74, 6) is 0. The summed E-state index contributed by atoms with van der Waals surface area (Å²) in [6.45, 7) is 0.0240. The number of aliphatic hydroxyl groups excluding tert-OH is 3. The Bertz CT molecular complexity index is 106. The van der Waals surface area contributed by atoms with Gasteiger partial charge in [-0.25, -0.2) is 0 Å². The molecule has 0 amide bonds. The molecule has 1 heterocycles. The molecule has 0 radical (unpaired) electrons. The average molecular weight is 148 g/mol. The molecule has 1 aliphatic rings. The van der Waals surface area contributed by atoms with Crippen LogP contribution in [0.5, 0.6) is 0 Å². The highest BCUT2D eigenvalue weighted by atomic mass is 16.5. The maximum atomic E-state index is 9.09. The van der Waals surface area contributed by atoms with Gasteiger partial charge in [-0.3, -0.25) is 0 Å². The van der Waals surface area contributed by atoms with Crippen molar-refractivity contribution in [2.45, 2.75) is 24.7 Å². The third-order valence-corrected chi connectivity index (χ3v) is 1.63. The fourth-order valence-corrected chi connectivity index (χ4v) is 1.02. The molecule has 3 atom stereocenters. The van der Waals surface area contributed by atoms with Crippen molar-refractivity contribution in [1.29, 1.82) is 0 Å². The lowest BCUT2D eigenvalue weighted by atomic mass is 10.0. The summed E-state index contributed by atoms with van der Waals surface area (Å²) >= 11 is 0. The Morgan fingerprint density at radius 2 is 2.10 bits per heavy atom. The molecule has 1 saturated heterocycles. The van der Waals surface area contributed by atoms with Crippen molar-refractivity contribution >= 4 is 0 Å². The molecule has 0 aliphatic carbocycles. The number of hydrogen-bond donors (Lipinski definition) is 3. The maximum absolute atomic E-state index is 9.09. The molecular weight excluding hydrogens is 136 g/mol. The van der Waals surface area contributed by atoms with Gasteiger partial charge in [0.25, 0.3) is 0 Å². The van der Waals surface area contributed by atoms with Crippen molar-refractivity contribution in [2.24, 2.45) is 0 Å². The van der Waals surface area contributed by atoms with Crippen LogP contribution in [0, 0.1) is 0 Å². The molecule has 0 aromatic heterocycles. The van der Waals surface area contributed by atoms with E-state index < -0.39 is 18.3 Å². The van der Waals surface area contributed by atoms with Gasteiger partial charge in [0.1, 0.15) is 6.10 Å². The predicted octanol–water partition coefficient (Wildman–Crippen LogP) is -1.51. The molecule has 0 spiro atoms. The van der Waals surface area contributed by atoms with E-state index in [1.165, 1.54) is 0 Å². The summed E-state index contributed by atoms with van der Waals surface area (Å²) < 4.78 is 4.90. The van der Waals surface area contributed by atoms with Crippen molar-refractivity contribution in [3.8, 4) is 0 Å². The number of hydrogen-bond acceptors (Lipinski definition) is 4. The minimum atomic E-state index is -0.728. The normalized spacial score (nSPS) is 41.7. The zero-order chi connectivity index (χ0) is 7.56. The molecule has 1 fully saturated rings. The topological polar surface area (TPSA) is 69.9 Å². The molecule has 0 bridgehead atoms. The molecular formula is C6H12O4. The quantitative estimate of drug-likeness (QED) is 0.423. The van der Waals surface area contributed by atoms with E-state index >= 15 is 0 Å². The SMILES string of the molecule is OC[C@H]1OCC(O)C[C@H]1O. The molecule has 0 aromatic rings. The van der Waals surface area contributed by atoms with Crippen molar-refractivity contribution in [3.05, 3.63) is 0 Å². The number of aliphatic hydroxyl groups is 3. The monoisotopic (exact) mass is 148 g/mol. The smallest absolute Gasteiger partial charge is 0.107 e. The van der Waals surface area contributed by atoms with E-state index in [1.54, 1.807) is 0 Å². The molecule has 4 nitrogen and oxygen atoms in total. The van der Waals surface area contributed by atoms with Gasteiger partial charge in [0.05, 0.1) is 25.4 Å². The lowest BCUT2D eigenvalue weighted by Gasteiger charge is -2.29. The van der Waals surface area contributed by atoms with Gasteiger partial charge in [-0.15, -0.1) is 0 Å². The highest BCUT2D eigenvalue weighted by molar-refractivity contribution is 4.76. The third kappa shape index (κ3) is 1.67. The van der Waals surface area contributed by atoms with Crippen LogP contribution in [0.2, 0.25) is 0 Å². The Morgan fingerprint density at radius 1 is 1.40 bits per heavy atom. The highest BCUT2D eigenvalue weighted by Crippen LogP contribution is 2.13. The molecule has 4 heteroatoms. The van der Waals surface area contributed by atoms with Crippen molar-refractivity contribution in [2.75, 3.05) is 13.2 Å². The maximum Gasteiger partial charge on any atom is 0.107 e. The third-order valence-electron chi connectivity index (χ3n) is 1.63. The van der Waals surface area contributed by atoms with Gasteiger partial charge in [0.2, 0.25) is 0 Å². The molecule has 1 aliphatic heterocycles. The second-order valence-electron chi connectivity index (χ2n) is 2.51. The van der Waals surface area contributed by atoms with Gasteiger partial charge >= 0.3 is 0 Å². The van der Waals surface area contributed by atoms with E-state index in [9.17, 15) is 0 Å². The van der Waals surface area contributed by atoms with Crippen LogP contribution in [0.4, 0.5) is 0 Å². The van der Waals surface area contributed by atoms with E-state index in [-0.39, 0.29) is 13.2 Å². The fourth-order valence-electron chi connectivity index (χ4n) is 1.02. The van der Waals surface area contributed by atoms with Crippen LogP contribution in [-0.4, -0.2) is 46.8 Å². The average Bonchev–Trinajstić information content (AvgIpc) is 1.88. The Labute approximate surface area is 59.1 Å². The van der Waals surface area contributed by atoms with Gasteiger partial charge in [0.15, 0.2) is 0 Å². The lowest BCUT2D eigenvalue weighted by molar-refractivity contribution is -0.136. The van der Waals surface area contributed by atoms with E-state index in [0.717, 1.165) is 0 Å². The summed E-state index contributed by atoms with van der Waals surface area (Å²) in [7, 11) is 0. The van der Waals surface area contributed by atoms with E-state index in [1.807, 2.05) is 0 Å². The molecule has 0 aromatic carbocycles. The van der Waals surface area contributed by atoms with Crippen LogP contribution in [0.15, 0.2) is 0 Å². The number of ether oxygens (including phenoxy) is 1. The Balaban J connectivity index is 2.36. The molecule has 60 valence electrons. The van der Waals surface area contributed by atoms with E-state index in [2.05, 4.69) is 0 Å². The zero-order valence-electron chi connectivity index (χ0n) is 5.60. The minimum absolute atomic E-state index is 0.187. The Hall–Kier alpha value is -0.160. The van der Waals surface area contributed by atoms with Crippen LogP contribution in [0.1, 0.15) is 6.42 Å². The van der Waals surface area contributed by atoms with Crippen molar-refractivity contribution in [1.82, 2.24) is 0 Å².